The van der Waals surface area contributed by atoms with E-state index in [-0.39, 0.29) is 5.91 Å². The topological polar surface area (TPSA) is 32.3 Å². The molecule has 1 atom stereocenters. The van der Waals surface area contributed by atoms with Crippen LogP contribution in [0.3, 0.4) is 0 Å². The van der Waals surface area contributed by atoms with E-state index in [0.29, 0.717) is 12.6 Å². The summed E-state index contributed by atoms with van der Waals surface area (Å²) in [4.78, 5) is 13.1. The molecule has 2 rings (SSSR count). The summed E-state index contributed by atoms with van der Waals surface area (Å²) in [5.41, 5.74) is 2.37. The van der Waals surface area contributed by atoms with E-state index in [1.807, 2.05) is 13.1 Å². The van der Waals surface area contributed by atoms with Crippen LogP contribution >= 0.6 is 0 Å². The zero-order valence-corrected chi connectivity index (χ0v) is 12.1. The van der Waals surface area contributed by atoms with Crippen LogP contribution in [-0.4, -0.2) is 23.9 Å². The molecule has 1 aliphatic rings. The Hall–Kier alpha value is -1.51. The molecule has 1 unspecified atom stereocenters. The van der Waals surface area contributed by atoms with Gasteiger partial charge in [0.25, 0.3) is 0 Å². The van der Waals surface area contributed by atoms with Crippen LogP contribution in [0.25, 0.3) is 0 Å². The van der Waals surface area contributed by atoms with Crippen molar-refractivity contribution in [1.29, 1.82) is 0 Å². The van der Waals surface area contributed by atoms with Gasteiger partial charge in [-0.05, 0) is 36.8 Å². The van der Waals surface area contributed by atoms with Crippen molar-refractivity contribution >= 4 is 11.6 Å². The van der Waals surface area contributed by atoms with Crippen LogP contribution < -0.4 is 5.32 Å². The number of nitrogens with one attached hydrogen (secondary N) is 1. The van der Waals surface area contributed by atoms with Crippen LogP contribution in [0.2, 0.25) is 0 Å². The molecule has 0 radical (unpaired) electrons. The van der Waals surface area contributed by atoms with Gasteiger partial charge in [0.05, 0.1) is 0 Å². The number of rotatable bonds is 6. The highest BCUT2D eigenvalue weighted by Gasteiger charge is 2.30. The van der Waals surface area contributed by atoms with E-state index < -0.39 is 0 Å². The van der Waals surface area contributed by atoms with Gasteiger partial charge in [-0.3, -0.25) is 4.79 Å². The third-order valence-electron chi connectivity index (χ3n) is 3.93. The minimum atomic E-state index is 0.101. The summed E-state index contributed by atoms with van der Waals surface area (Å²) in [7, 11) is 1.84. The summed E-state index contributed by atoms with van der Waals surface area (Å²) in [5.74, 6) is 0.938. The second-order valence-corrected chi connectivity index (χ2v) is 5.53. The van der Waals surface area contributed by atoms with Gasteiger partial charge in [-0.25, -0.2) is 0 Å². The van der Waals surface area contributed by atoms with Crippen molar-refractivity contribution in [2.75, 3.05) is 12.4 Å². The summed E-state index contributed by atoms with van der Waals surface area (Å²) in [5, 5.41) is 3.67. The average Bonchev–Trinajstić information content (AvgIpc) is 3.21. The molecule has 19 heavy (non-hydrogen) atoms. The van der Waals surface area contributed by atoms with E-state index in [0.717, 1.165) is 12.3 Å². The summed E-state index contributed by atoms with van der Waals surface area (Å²) in [6, 6.07) is 8.88. The fourth-order valence-electron chi connectivity index (χ4n) is 2.42. The minimum absolute atomic E-state index is 0.101. The smallest absolute Gasteiger partial charge is 0.219 e. The molecule has 1 amide bonds. The van der Waals surface area contributed by atoms with Gasteiger partial charge in [0.1, 0.15) is 0 Å². The number of amides is 1. The van der Waals surface area contributed by atoms with Crippen molar-refractivity contribution in [2.45, 2.75) is 45.7 Å². The largest absolute Gasteiger partial charge is 0.382 e. The van der Waals surface area contributed by atoms with Crippen molar-refractivity contribution in [3.05, 3.63) is 29.8 Å². The number of carbonyl (C=O) groups is 1. The van der Waals surface area contributed by atoms with Crippen molar-refractivity contribution < 1.29 is 4.79 Å². The van der Waals surface area contributed by atoms with Gasteiger partial charge in [-0.1, -0.05) is 25.1 Å². The number of carbonyl (C=O) groups excluding carboxylic acids is 1. The minimum Gasteiger partial charge on any atom is -0.382 e. The van der Waals surface area contributed by atoms with Gasteiger partial charge in [0.2, 0.25) is 5.91 Å². The molecule has 0 bridgehead atoms. The number of hydrogen-bond acceptors (Lipinski definition) is 2. The Bertz CT molecular complexity index is 440. The lowest BCUT2D eigenvalue weighted by Gasteiger charge is -2.22. The lowest BCUT2D eigenvalue weighted by molar-refractivity contribution is -0.128. The third kappa shape index (κ3) is 3.72. The Kier molecular flexibility index (Phi) is 4.46. The second-order valence-electron chi connectivity index (χ2n) is 5.53. The van der Waals surface area contributed by atoms with Crippen LogP contribution in [0.15, 0.2) is 24.3 Å². The maximum absolute atomic E-state index is 11.4. The Balaban J connectivity index is 2.08. The van der Waals surface area contributed by atoms with E-state index in [4.69, 9.17) is 0 Å². The van der Waals surface area contributed by atoms with Gasteiger partial charge in [0, 0.05) is 32.2 Å². The first-order valence-corrected chi connectivity index (χ1v) is 7.18. The molecule has 0 aromatic heterocycles. The molecular weight excluding hydrogens is 236 g/mol. The molecule has 1 aromatic carbocycles. The lowest BCUT2D eigenvalue weighted by atomic mass is 10.1. The highest BCUT2D eigenvalue weighted by molar-refractivity contribution is 5.73. The molecule has 0 heterocycles. The zero-order valence-electron chi connectivity index (χ0n) is 12.1. The monoisotopic (exact) mass is 260 g/mol. The maximum atomic E-state index is 11.4. The normalized spacial score (nSPS) is 15.9. The fraction of sp³-hybridized carbons (Fsp3) is 0.562. The first kappa shape index (κ1) is 13.9. The summed E-state index contributed by atoms with van der Waals surface area (Å²) >= 11 is 0. The molecule has 104 valence electrons. The first-order chi connectivity index (χ1) is 9.11. The number of anilines is 1. The molecule has 1 aliphatic carbocycles. The van der Waals surface area contributed by atoms with Gasteiger partial charge in [-0.15, -0.1) is 0 Å². The Labute approximate surface area is 116 Å². The van der Waals surface area contributed by atoms with E-state index >= 15 is 0 Å². The molecular formula is C16H24N2O. The molecule has 0 saturated heterocycles. The number of nitrogens with zero attached hydrogens (tertiary/aromatic N) is 1. The standard InChI is InChI=1S/C16H24N2O/c1-4-15(13-9-10-13)17-16-8-6-5-7-14(16)11-18(3)12(2)19/h5-8,13,15,17H,4,9-11H2,1-3H3. The highest BCUT2D eigenvalue weighted by atomic mass is 16.2. The average molecular weight is 260 g/mol. The summed E-state index contributed by atoms with van der Waals surface area (Å²) in [6.45, 7) is 4.51. The molecule has 1 N–H and O–H groups in total. The molecule has 1 fully saturated rings. The Morgan fingerprint density at radius 1 is 1.42 bits per heavy atom. The lowest BCUT2D eigenvalue weighted by Crippen LogP contribution is -2.25. The van der Waals surface area contributed by atoms with E-state index in [1.54, 1.807) is 11.8 Å². The van der Waals surface area contributed by atoms with Crippen LogP contribution in [0.1, 0.15) is 38.7 Å². The quantitative estimate of drug-likeness (QED) is 0.851. The van der Waals surface area contributed by atoms with Gasteiger partial charge in [-0.2, -0.15) is 0 Å². The van der Waals surface area contributed by atoms with Crippen LogP contribution in [0.5, 0.6) is 0 Å². The molecule has 0 aliphatic heterocycles. The molecule has 3 heteroatoms. The Morgan fingerprint density at radius 3 is 2.68 bits per heavy atom. The van der Waals surface area contributed by atoms with Crippen molar-refractivity contribution in [3.8, 4) is 0 Å². The molecule has 3 nitrogen and oxygen atoms in total. The maximum Gasteiger partial charge on any atom is 0.219 e. The fourth-order valence-corrected chi connectivity index (χ4v) is 2.42. The van der Waals surface area contributed by atoms with Crippen LogP contribution in [-0.2, 0) is 11.3 Å². The van der Waals surface area contributed by atoms with E-state index in [2.05, 4.69) is 30.4 Å². The van der Waals surface area contributed by atoms with Crippen molar-refractivity contribution in [1.82, 2.24) is 4.90 Å². The van der Waals surface area contributed by atoms with Crippen LogP contribution in [0.4, 0.5) is 5.69 Å². The number of hydrogen-bond donors (Lipinski definition) is 1. The number of para-hydroxylation sites is 1. The number of benzene rings is 1. The summed E-state index contributed by atoms with van der Waals surface area (Å²) < 4.78 is 0. The molecule has 0 spiro atoms. The summed E-state index contributed by atoms with van der Waals surface area (Å²) in [6.07, 6.45) is 3.85. The Morgan fingerprint density at radius 2 is 2.11 bits per heavy atom. The van der Waals surface area contributed by atoms with Gasteiger partial charge in [0.15, 0.2) is 0 Å². The van der Waals surface area contributed by atoms with E-state index in [9.17, 15) is 4.79 Å². The second kappa shape index (κ2) is 6.09. The molecule has 1 aromatic rings. The van der Waals surface area contributed by atoms with E-state index in [1.165, 1.54) is 24.1 Å². The first-order valence-electron chi connectivity index (χ1n) is 7.18. The highest BCUT2D eigenvalue weighted by Crippen LogP contribution is 2.36. The van der Waals surface area contributed by atoms with Gasteiger partial charge < -0.3 is 10.2 Å². The van der Waals surface area contributed by atoms with Crippen molar-refractivity contribution in [3.63, 3.8) is 0 Å². The van der Waals surface area contributed by atoms with Gasteiger partial charge >= 0.3 is 0 Å². The molecule has 1 saturated carbocycles. The predicted octanol–water partition coefficient (Wildman–Crippen LogP) is 3.27. The van der Waals surface area contributed by atoms with Crippen molar-refractivity contribution in [2.24, 2.45) is 5.92 Å². The SMILES string of the molecule is CCC(Nc1ccccc1CN(C)C(C)=O)C1CC1. The predicted molar refractivity (Wildman–Crippen MR) is 79.0 cm³/mol. The van der Waals surface area contributed by atoms with Crippen LogP contribution in [0, 0.1) is 5.92 Å². The third-order valence-corrected chi connectivity index (χ3v) is 3.93. The zero-order chi connectivity index (χ0) is 13.8.